The minimum Gasteiger partial charge on any atom is -0.370 e. The van der Waals surface area contributed by atoms with Crippen LogP contribution in [0.15, 0.2) is 18.3 Å². The summed E-state index contributed by atoms with van der Waals surface area (Å²) in [4.78, 5) is 17.7. The third-order valence-corrected chi connectivity index (χ3v) is 2.84. The molecule has 98 valence electrons. The Morgan fingerprint density at radius 2 is 2.44 bits per heavy atom. The molecule has 5 nitrogen and oxygen atoms in total. The highest BCUT2D eigenvalue weighted by Crippen LogP contribution is 2.11. The van der Waals surface area contributed by atoms with Crippen molar-refractivity contribution < 1.29 is 9.53 Å². The van der Waals surface area contributed by atoms with Crippen molar-refractivity contribution in [3.05, 3.63) is 23.9 Å². The van der Waals surface area contributed by atoms with Crippen LogP contribution in [0.4, 0.5) is 5.82 Å². The second-order valence-electron chi connectivity index (χ2n) is 4.34. The molecule has 18 heavy (non-hydrogen) atoms. The van der Waals surface area contributed by atoms with E-state index >= 15 is 0 Å². The van der Waals surface area contributed by atoms with Gasteiger partial charge in [0.2, 0.25) is 5.91 Å². The van der Waals surface area contributed by atoms with Gasteiger partial charge in [-0.2, -0.15) is 0 Å². The molecule has 0 spiro atoms. The third kappa shape index (κ3) is 3.43. The standard InChI is InChI=1S/C13H19N3O2/c1-2-4-14-12-8-11(3-5-15-12)9-16-6-7-18-10-13(16)17/h3,5,8H,2,4,6-7,9-10H2,1H3,(H,14,15). The summed E-state index contributed by atoms with van der Waals surface area (Å²) in [5.41, 5.74) is 1.10. The lowest BCUT2D eigenvalue weighted by Gasteiger charge is -2.26. The number of carbonyl (C=O) groups excluding carboxylic acids is 1. The van der Waals surface area contributed by atoms with Crippen LogP contribution < -0.4 is 5.32 Å². The minimum absolute atomic E-state index is 0.0566. The Bertz CT molecular complexity index is 409. The fraction of sp³-hybridized carbons (Fsp3) is 0.538. The number of pyridine rings is 1. The first kappa shape index (κ1) is 12.8. The minimum atomic E-state index is 0.0566. The van der Waals surface area contributed by atoms with Crippen LogP contribution in [0.2, 0.25) is 0 Å². The lowest BCUT2D eigenvalue weighted by molar-refractivity contribution is -0.143. The Kier molecular flexibility index (Phi) is 4.52. The molecule has 1 fully saturated rings. The lowest BCUT2D eigenvalue weighted by atomic mass is 10.2. The summed E-state index contributed by atoms with van der Waals surface area (Å²) in [6.07, 6.45) is 2.84. The summed E-state index contributed by atoms with van der Waals surface area (Å²) in [5, 5.41) is 3.24. The van der Waals surface area contributed by atoms with Crippen LogP contribution in [0.3, 0.4) is 0 Å². The third-order valence-electron chi connectivity index (χ3n) is 2.84. The predicted molar refractivity (Wildman–Crippen MR) is 69.3 cm³/mol. The summed E-state index contributed by atoms with van der Waals surface area (Å²) in [6, 6.07) is 3.94. The molecule has 5 heteroatoms. The topological polar surface area (TPSA) is 54.5 Å². The van der Waals surface area contributed by atoms with Gasteiger partial charge >= 0.3 is 0 Å². The second kappa shape index (κ2) is 6.35. The van der Waals surface area contributed by atoms with Crippen molar-refractivity contribution in [2.75, 3.05) is 31.6 Å². The van der Waals surface area contributed by atoms with E-state index in [9.17, 15) is 4.79 Å². The van der Waals surface area contributed by atoms with E-state index < -0.39 is 0 Å². The fourth-order valence-electron chi connectivity index (χ4n) is 1.86. The van der Waals surface area contributed by atoms with Gasteiger partial charge in [0.1, 0.15) is 12.4 Å². The van der Waals surface area contributed by atoms with Crippen molar-refractivity contribution in [3.63, 3.8) is 0 Å². The molecule has 1 aromatic heterocycles. The van der Waals surface area contributed by atoms with Crippen LogP contribution in [0.1, 0.15) is 18.9 Å². The molecule has 1 aliphatic rings. The molecule has 1 N–H and O–H groups in total. The first-order valence-electron chi connectivity index (χ1n) is 6.34. The second-order valence-corrected chi connectivity index (χ2v) is 4.34. The molecule has 0 aromatic carbocycles. The van der Waals surface area contributed by atoms with E-state index in [4.69, 9.17) is 4.74 Å². The van der Waals surface area contributed by atoms with Gasteiger partial charge in [-0.15, -0.1) is 0 Å². The van der Waals surface area contributed by atoms with Crippen molar-refractivity contribution >= 4 is 11.7 Å². The molecule has 0 aliphatic carbocycles. The molecule has 1 saturated heterocycles. The maximum atomic E-state index is 11.6. The van der Waals surface area contributed by atoms with Crippen molar-refractivity contribution in [3.8, 4) is 0 Å². The van der Waals surface area contributed by atoms with Gasteiger partial charge in [0.25, 0.3) is 0 Å². The molecule has 1 aliphatic heterocycles. The number of amides is 1. The Morgan fingerprint density at radius 3 is 3.22 bits per heavy atom. The van der Waals surface area contributed by atoms with Gasteiger partial charge in [-0.1, -0.05) is 6.92 Å². The number of nitrogens with one attached hydrogen (secondary N) is 1. The normalized spacial score (nSPS) is 15.8. The summed E-state index contributed by atoms with van der Waals surface area (Å²) in [5.74, 6) is 0.927. The zero-order chi connectivity index (χ0) is 12.8. The van der Waals surface area contributed by atoms with Gasteiger partial charge in [0.15, 0.2) is 0 Å². The highest BCUT2D eigenvalue weighted by molar-refractivity contribution is 5.78. The number of hydrogen-bond acceptors (Lipinski definition) is 4. The van der Waals surface area contributed by atoms with E-state index in [0.29, 0.717) is 19.7 Å². The van der Waals surface area contributed by atoms with Crippen LogP contribution in [0, 0.1) is 0 Å². The van der Waals surface area contributed by atoms with Gasteiger partial charge < -0.3 is 15.0 Å². The molecule has 0 unspecified atom stereocenters. The van der Waals surface area contributed by atoms with Gasteiger partial charge in [-0.25, -0.2) is 4.98 Å². The fourth-order valence-corrected chi connectivity index (χ4v) is 1.86. The van der Waals surface area contributed by atoms with Crippen LogP contribution in [0.5, 0.6) is 0 Å². The van der Waals surface area contributed by atoms with Crippen LogP contribution in [-0.4, -0.2) is 42.1 Å². The first-order valence-corrected chi connectivity index (χ1v) is 6.34. The summed E-state index contributed by atoms with van der Waals surface area (Å²) >= 11 is 0. The highest BCUT2D eigenvalue weighted by atomic mass is 16.5. The number of anilines is 1. The predicted octanol–water partition coefficient (Wildman–Crippen LogP) is 1.26. The SMILES string of the molecule is CCCNc1cc(CN2CCOCC2=O)ccn1. The number of rotatable bonds is 5. The van der Waals surface area contributed by atoms with Gasteiger partial charge in [-0.05, 0) is 24.1 Å². The van der Waals surface area contributed by atoms with Gasteiger partial charge in [-0.3, -0.25) is 4.79 Å². The molecule has 0 atom stereocenters. The van der Waals surface area contributed by atoms with Gasteiger partial charge in [0.05, 0.1) is 6.61 Å². The van der Waals surface area contributed by atoms with Crippen molar-refractivity contribution in [1.29, 1.82) is 0 Å². The van der Waals surface area contributed by atoms with Crippen molar-refractivity contribution in [2.45, 2.75) is 19.9 Å². The lowest BCUT2D eigenvalue weighted by Crippen LogP contribution is -2.40. The first-order chi connectivity index (χ1) is 8.79. The largest absolute Gasteiger partial charge is 0.370 e. The Hall–Kier alpha value is -1.62. The van der Waals surface area contributed by atoms with Crippen molar-refractivity contribution in [1.82, 2.24) is 9.88 Å². The smallest absolute Gasteiger partial charge is 0.248 e. The molecule has 0 bridgehead atoms. The van der Waals surface area contributed by atoms with E-state index in [0.717, 1.165) is 24.3 Å². The number of aromatic nitrogens is 1. The van der Waals surface area contributed by atoms with Crippen LogP contribution in [-0.2, 0) is 16.1 Å². The molecule has 1 aromatic rings. The number of morpholine rings is 1. The Balaban J connectivity index is 1.97. The number of hydrogen-bond donors (Lipinski definition) is 1. The highest BCUT2D eigenvalue weighted by Gasteiger charge is 2.18. The maximum Gasteiger partial charge on any atom is 0.248 e. The average Bonchev–Trinajstić information content (AvgIpc) is 2.40. The van der Waals surface area contributed by atoms with E-state index in [-0.39, 0.29) is 12.5 Å². The molecule has 2 heterocycles. The summed E-state index contributed by atoms with van der Waals surface area (Å²) < 4.78 is 5.11. The molecule has 0 radical (unpaired) electrons. The monoisotopic (exact) mass is 249 g/mol. The molecule has 2 rings (SSSR count). The molecule has 0 saturated carbocycles. The number of ether oxygens (including phenoxy) is 1. The maximum absolute atomic E-state index is 11.6. The van der Waals surface area contributed by atoms with E-state index in [1.807, 2.05) is 17.0 Å². The Labute approximate surface area is 107 Å². The Morgan fingerprint density at radius 1 is 1.56 bits per heavy atom. The van der Waals surface area contributed by atoms with Gasteiger partial charge in [0, 0.05) is 25.8 Å². The number of carbonyl (C=O) groups is 1. The molecular formula is C13H19N3O2. The van der Waals surface area contributed by atoms with Crippen molar-refractivity contribution in [2.24, 2.45) is 0 Å². The number of nitrogens with zero attached hydrogens (tertiary/aromatic N) is 2. The zero-order valence-electron chi connectivity index (χ0n) is 10.7. The zero-order valence-corrected chi connectivity index (χ0v) is 10.7. The molecule has 1 amide bonds. The van der Waals surface area contributed by atoms with Crippen LogP contribution >= 0.6 is 0 Å². The van der Waals surface area contributed by atoms with Crippen LogP contribution in [0.25, 0.3) is 0 Å². The quantitative estimate of drug-likeness (QED) is 0.853. The van der Waals surface area contributed by atoms with E-state index in [1.165, 1.54) is 0 Å². The summed E-state index contributed by atoms with van der Waals surface area (Å²) in [6.45, 7) is 5.14. The van der Waals surface area contributed by atoms with E-state index in [2.05, 4.69) is 17.2 Å². The average molecular weight is 249 g/mol. The summed E-state index contributed by atoms with van der Waals surface area (Å²) in [7, 11) is 0. The molecular weight excluding hydrogens is 230 g/mol. The van der Waals surface area contributed by atoms with E-state index in [1.54, 1.807) is 6.20 Å².